The van der Waals surface area contributed by atoms with Crippen molar-refractivity contribution in [3.05, 3.63) is 34.9 Å². The van der Waals surface area contributed by atoms with Gasteiger partial charge in [-0.15, -0.1) is 0 Å². The van der Waals surface area contributed by atoms with E-state index in [2.05, 4.69) is 0 Å². The largest absolute Gasteiger partial charge is 0.480 e. The topological polar surface area (TPSA) is 74.7 Å². The highest BCUT2D eigenvalue weighted by atomic mass is 35.5. The summed E-state index contributed by atoms with van der Waals surface area (Å²) < 4.78 is 24.8. The van der Waals surface area contributed by atoms with E-state index in [1.54, 1.807) is 24.3 Å². The molecule has 0 bridgehead atoms. The van der Waals surface area contributed by atoms with Gasteiger partial charge in [-0.25, -0.2) is 8.42 Å². The smallest absolute Gasteiger partial charge is 0.321 e. The molecule has 7 heteroatoms. The van der Waals surface area contributed by atoms with Gasteiger partial charge in [0.2, 0.25) is 10.0 Å². The van der Waals surface area contributed by atoms with Gasteiger partial charge in [0, 0.05) is 12.1 Å². The maximum atomic E-state index is 12.0. The van der Waals surface area contributed by atoms with E-state index in [1.165, 1.54) is 14.0 Å². The summed E-state index contributed by atoms with van der Waals surface area (Å²) in [6.07, 6.45) is 0. The minimum Gasteiger partial charge on any atom is -0.480 e. The van der Waals surface area contributed by atoms with E-state index in [1.807, 2.05) is 0 Å². The molecule has 1 aromatic carbocycles. The zero-order valence-electron chi connectivity index (χ0n) is 10.00. The van der Waals surface area contributed by atoms with Crippen LogP contribution in [-0.4, -0.2) is 36.9 Å². The molecule has 0 radical (unpaired) electrons. The lowest BCUT2D eigenvalue weighted by Crippen LogP contribution is -2.40. The second-order valence-electron chi connectivity index (χ2n) is 3.88. The van der Waals surface area contributed by atoms with Crippen molar-refractivity contribution in [1.29, 1.82) is 0 Å². The molecule has 1 atom stereocenters. The summed E-state index contributed by atoms with van der Waals surface area (Å²) >= 11 is 5.88. The van der Waals surface area contributed by atoms with Gasteiger partial charge < -0.3 is 5.11 Å². The number of hydrogen-bond donors (Lipinski definition) is 1. The van der Waals surface area contributed by atoms with Crippen molar-refractivity contribution in [2.45, 2.75) is 18.7 Å². The number of hydrogen-bond acceptors (Lipinski definition) is 3. The Bertz CT molecular complexity index is 544. The first-order chi connectivity index (χ1) is 8.25. The van der Waals surface area contributed by atoms with E-state index in [4.69, 9.17) is 16.7 Å². The van der Waals surface area contributed by atoms with E-state index >= 15 is 0 Å². The van der Waals surface area contributed by atoms with Crippen LogP contribution < -0.4 is 0 Å². The summed E-state index contributed by atoms with van der Waals surface area (Å²) in [5, 5.41) is 9.15. The number of rotatable bonds is 5. The van der Waals surface area contributed by atoms with Crippen molar-refractivity contribution in [1.82, 2.24) is 4.31 Å². The number of carboxylic acid groups (broad SMARTS) is 1. The molecule has 18 heavy (non-hydrogen) atoms. The Balaban J connectivity index is 2.96. The van der Waals surface area contributed by atoms with Crippen molar-refractivity contribution >= 4 is 27.6 Å². The first kappa shape index (κ1) is 14.9. The van der Waals surface area contributed by atoms with Crippen LogP contribution in [0.15, 0.2) is 24.3 Å². The molecule has 0 aliphatic rings. The Morgan fingerprint density at radius 3 is 2.50 bits per heavy atom. The molecule has 0 fully saturated rings. The number of sulfonamides is 1. The fraction of sp³-hybridized carbons (Fsp3) is 0.364. The fourth-order valence-electron chi connectivity index (χ4n) is 1.31. The van der Waals surface area contributed by atoms with Crippen molar-refractivity contribution in [3.63, 3.8) is 0 Å². The van der Waals surface area contributed by atoms with E-state index in [9.17, 15) is 13.2 Å². The number of aliphatic carboxylic acids is 1. The molecule has 0 aliphatic carbocycles. The highest BCUT2D eigenvalue weighted by Crippen LogP contribution is 2.19. The number of nitrogens with zero attached hydrogens (tertiary/aromatic N) is 1. The minimum atomic E-state index is -3.71. The molecule has 1 rings (SSSR count). The van der Waals surface area contributed by atoms with Gasteiger partial charge in [-0.2, -0.15) is 4.31 Å². The number of halogens is 1. The third-order valence-corrected chi connectivity index (χ3v) is 4.88. The summed E-state index contributed by atoms with van der Waals surface area (Å²) in [5.74, 6) is -1.51. The first-order valence-corrected chi connectivity index (χ1v) is 7.16. The summed E-state index contributed by atoms with van der Waals surface area (Å²) in [4.78, 5) is 10.8. The van der Waals surface area contributed by atoms with E-state index in [0.717, 1.165) is 4.31 Å². The Morgan fingerprint density at radius 1 is 1.44 bits per heavy atom. The molecule has 5 nitrogen and oxygen atoms in total. The second-order valence-corrected chi connectivity index (χ2v) is 6.31. The monoisotopic (exact) mass is 291 g/mol. The molecule has 100 valence electrons. The van der Waals surface area contributed by atoms with Crippen molar-refractivity contribution in [2.24, 2.45) is 0 Å². The van der Waals surface area contributed by atoms with Crippen LogP contribution in [0.3, 0.4) is 0 Å². The van der Waals surface area contributed by atoms with Crippen LogP contribution in [-0.2, 0) is 20.6 Å². The van der Waals surface area contributed by atoms with Crippen LogP contribution in [0.25, 0.3) is 0 Å². The molecule has 0 aliphatic heterocycles. The lowest BCUT2D eigenvalue weighted by Gasteiger charge is -2.21. The summed E-state index contributed by atoms with van der Waals surface area (Å²) in [6, 6.07) is 5.45. The molecule has 1 N–H and O–H groups in total. The Hall–Kier alpha value is -1.11. The zero-order valence-corrected chi connectivity index (χ0v) is 11.6. The number of likely N-dealkylation sites (N-methyl/N-ethyl adjacent to an activating group) is 1. The highest BCUT2D eigenvalue weighted by Gasteiger charge is 2.28. The molecule has 0 spiro atoms. The SMILES string of the molecule is CC(C(=O)O)N(C)S(=O)(=O)Cc1ccccc1Cl. The maximum absolute atomic E-state index is 12.0. The highest BCUT2D eigenvalue weighted by molar-refractivity contribution is 7.88. The Morgan fingerprint density at radius 2 is 2.00 bits per heavy atom. The van der Waals surface area contributed by atoms with Crippen molar-refractivity contribution in [2.75, 3.05) is 7.05 Å². The van der Waals surface area contributed by atoms with Gasteiger partial charge in [0.1, 0.15) is 6.04 Å². The summed E-state index contributed by atoms with van der Waals surface area (Å²) in [7, 11) is -2.47. The Labute approximate surface area is 111 Å². The van der Waals surface area contributed by atoms with Crippen LogP contribution >= 0.6 is 11.6 Å². The van der Waals surface area contributed by atoms with Gasteiger partial charge >= 0.3 is 5.97 Å². The predicted octanol–water partition coefficient (Wildman–Crippen LogP) is 1.57. The molecule has 0 saturated carbocycles. The Kier molecular flexibility index (Phi) is 4.72. The second kappa shape index (κ2) is 5.69. The summed E-state index contributed by atoms with van der Waals surface area (Å²) in [5.41, 5.74) is 0.448. The normalized spacial score (nSPS) is 13.6. The molecule has 0 heterocycles. The van der Waals surface area contributed by atoms with Crippen molar-refractivity contribution < 1.29 is 18.3 Å². The predicted molar refractivity (Wildman–Crippen MR) is 68.9 cm³/mol. The number of benzene rings is 1. The number of carbonyl (C=O) groups is 1. The van der Waals surface area contributed by atoms with E-state index in [-0.39, 0.29) is 5.75 Å². The van der Waals surface area contributed by atoms with Crippen LogP contribution in [0, 0.1) is 0 Å². The third-order valence-electron chi connectivity index (χ3n) is 2.64. The quantitative estimate of drug-likeness (QED) is 0.893. The van der Waals surface area contributed by atoms with Gasteiger partial charge in [-0.3, -0.25) is 4.79 Å². The first-order valence-electron chi connectivity index (χ1n) is 5.17. The summed E-state index contributed by atoms with van der Waals surface area (Å²) in [6.45, 7) is 1.31. The molecule has 0 saturated heterocycles. The fourth-order valence-corrected chi connectivity index (χ4v) is 3.01. The molecule has 1 aromatic rings. The molecular weight excluding hydrogens is 278 g/mol. The number of carboxylic acids is 1. The molecule has 0 amide bonds. The van der Waals surface area contributed by atoms with Crippen molar-refractivity contribution in [3.8, 4) is 0 Å². The average Bonchev–Trinajstić information content (AvgIpc) is 2.29. The van der Waals surface area contributed by atoms with Crippen LogP contribution in [0.2, 0.25) is 5.02 Å². The zero-order chi connectivity index (χ0) is 13.9. The minimum absolute atomic E-state index is 0.319. The van der Waals surface area contributed by atoms with Crippen LogP contribution in [0.1, 0.15) is 12.5 Å². The van der Waals surface area contributed by atoms with Crippen LogP contribution in [0.5, 0.6) is 0 Å². The van der Waals surface area contributed by atoms with Gasteiger partial charge in [0.05, 0.1) is 5.75 Å². The lowest BCUT2D eigenvalue weighted by atomic mass is 10.2. The van der Waals surface area contributed by atoms with Crippen LogP contribution in [0.4, 0.5) is 0 Å². The van der Waals surface area contributed by atoms with Gasteiger partial charge in [-0.1, -0.05) is 29.8 Å². The molecular formula is C11H14ClNO4S. The average molecular weight is 292 g/mol. The molecule has 0 aromatic heterocycles. The van der Waals surface area contributed by atoms with Gasteiger partial charge in [0.25, 0.3) is 0 Å². The lowest BCUT2D eigenvalue weighted by molar-refractivity contribution is -0.140. The van der Waals surface area contributed by atoms with Gasteiger partial charge in [-0.05, 0) is 18.6 Å². The van der Waals surface area contributed by atoms with Gasteiger partial charge in [0.15, 0.2) is 0 Å². The molecule has 1 unspecified atom stereocenters. The van der Waals surface area contributed by atoms with E-state index in [0.29, 0.717) is 10.6 Å². The standard InChI is InChI=1S/C11H14ClNO4S/c1-8(11(14)15)13(2)18(16,17)7-9-5-3-4-6-10(9)12/h3-6,8H,7H2,1-2H3,(H,14,15). The van der Waals surface area contributed by atoms with E-state index < -0.39 is 22.0 Å². The third kappa shape index (κ3) is 3.44. The maximum Gasteiger partial charge on any atom is 0.321 e.